The molecule has 1 unspecified atom stereocenters. The van der Waals surface area contributed by atoms with E-state index in [0.29, 0.717) is 18.1 Å². The van der Waals surface area contributed by atoms with Crippen LogP contribution in [-0.2, 0) is 4.79 Å². The Morgan fingerprint density at radius 2 is 2.35 bits per heavy atom. The lowest BCUT2D eigenvalue weighted by atomic mass is 10.1. The molecule has 1 amide bonds. The van der Waals surface area contributed by atoms with Crippen molar-refractivity contribution in [1.82, 2.24) is 10.3 Å². The summed E-state index contributed by atoms with van der Waals surface area (Å²) in [6.45, 7) is 2.43. The van der Waals surface area contributed by atoms with Gasteiger partial charge in [0, 0.05) is 31.3 Å². The zero-order valence-electron chi connectivity index (χ0n) is 10.2. The van der Waals surface area contributed by atoms with Gasteiger partial charge in [-0.2, -0.15) is 0 Å². The van der Waals surface area contributed by atoms with Crippen LogP contribution in [0.2, 0.25) is 0 Å². The van der Waals surface area contributed by atoms with Gasteiger partial charge < -0.3 is 16.0 Å². The van der Waals surface area contributed by atoms with E-state index in [1.54, 1.807) is 19.3 Å². The van der Waals surface area contributed by atoms with Gasteiger partial charge in [-0.1, -0.05) is 6.92 Å². The summed E-state index contributed by atoms with van der Waals surface area (Å²) in [5, 5.41) is 2.62. The lowest BCUT2D eigenvalue weighted by Crippen LogP contribution is -2.34. The largest absolute Gasteiger partial charge is 0.396 e. The number of pyridine rings is 1. The van der Waals surface area contributed by atoms with E-state index < -0.39 is 0 Å². The van der Waals surface area contributed by atoms with E-state index in [4.69, 9.17) is 5.73 Å². The lowest BCUT2D eigenvalue weighted by molar-refractivity contribution is -0.123. The number of hydrogen-bond acceptors (Lipinski definition) is 4. The highest BCUT2D eigenvalue weighted by molar-refractivity contribution is 9.10. The average Bonchev–Trinajstić information content (AvgIpc) is 2.27. The molecule has 1 rings (SSSR count). The van der Waals surface area contributed by atoms with Crippen LogP contribution in [0.25, 0.3) is 0 Å². The predicted molar refractivity (Wildman–Crippen MR) is 72.9 cm³/mol. The molecular formula is C11H17BrN4O. The summed E-state index contributed by atoms with van der Waals surface area (Å²) in [7, 11) is 3.50. The summed E-state index contributed by atoms with van der Waals surface area (Å²) in [5.74, 6) is 0.575. The molecule has 1 aromatic heterocycles. The Hall–Kier alpha value is -1.30. The van der Waals surface area contributed by atoms with Crippen LogP contribution in [-0.4, -0.2) is 31.5 Å². The highest BCUT2D eigenvalue weighted by Crippen LogP contribution is 2.23. The van der Waals surface area contributed by atoms with Gasteiger partial charge in [0.2, 0.25) is 5.91 Å². The van der Waals surface area contributed by atoms with Crippen LogP contribution in [0, 0.1) is 5.92 Å². The molecule has 3 N–H and O–H groups in total. The summed E-state index contributed by atoms with van der Waals surface area (Å²) < 4.78 is 0.839. The van der Waals surface area contributed by atoms with Crippen molar-refractivity contribution in [3.05, 3.63) is 16.7 Å². The molecule has 0 aromatic carbocycles. The molecule has 5 nitrogen and oxygen atoms in total. The van der Waals surface area contributed by atoms with Gasteiger partial charge in [0.25, 0.3) is 0 Å². The first kappa shape index (κ1) is 13.8. The van der Waals surface area contributed by atoms with Gasteiger partial charge in [-0.25, -0.2) is 4.98 Å². The SMILES string of the molecule is CNC(=O)C(C)CN(C)c1ncc(Br)cc1N. The number of nitrogen functional groups attached to an aromatic ring is 1. The molecule has 0 radical (unpaired) electrons. The van der Waals surface area contributed by atoms with Crippen LogP contribution in [0.4, 0.5) is 11.5 Å². The third kappa shape index (κ3) is 3.59. The van der Waals surface area contributed by atoms with E-state index in [1.807, 2.05) is 18.9 Å². The van der Waals surface area contributed by atoms with Crippen LogP contribution < -0.4 is 16.0 Å². The van der Waals surface area contributed by atoms with Crippen LogP contribution in [0.1, 0.15) is 6.92 Å². The van der Waals surface area contributed by atoms with Crippen molar-refractivity contribution in [2.45, 2.75) is 6.92 Å². The van der Waals surface area contributed by atoms with Crippen molar-refractivity contribution >= 4 is 33.3 Å². The van der Waals surface area contributed by atoms with Gasteiger partial charge in [0.15, 0.2) is 5.82 Å². The monoisotopic (exact) mass is 300 g/mol. The molecule has 0 saturated heterocycles. The number of amides is 1. The molecule has 0 aliphatic heterocycles. The molecule has 94 valence electrons. The van der Waals surface area contributed by atoms with Crippen LogP contribution in [0.3, 0.4) is 0 Å². The Bertz CT molecular complexity index is 410. The fourth-order valence-electron chi connectivity index (χ4n) is 1.59. The van der Waals surface area contributed by atoms with E-state index >= 15 is 0 Å². The van der Waals surface area contributed by atoms with Crippen molar-refractivity contribution in [3.63, 3.8) is 0 Å². The maximum absolute atomic E-state index is 11.4. The van der Waals surface area contributed by atoms with E-state index in [-0.39, 0.29) is 11.8 Å². The average molecular weight is 301 g/mol. The quantitative estimate of drug-likeness (QED) is 0.878. The Morgan fingerprint density at radius 1 is 1.71 bits per heavy atom. The number of nitrogens with one attached hydrogen (secondary N) is 1. The second-order valence-electron chi connectivity index (χ2n) is 3.96. The van der Waals surface area contributed by atoms with Gasteiger partial charge in [-0.05, 0) is 22.0 Å². The Labute approximate surface area is 110 Å². The summed E-state index contributed by atoms with van der Waals surface area (Å²) >= 11 is 3.31. The number of rotatable bonds is 4. The van der Waals surface area contributed by atoms with Crippen LogP contribution >= 0.6 is 15.9 Å². The van der Waals surface area contributed by atoms with Crippen molar-refractivity contribution in [2.24, 2.45) is 5.92 Å². The first-order chi connectivity index (χ1) is 7.95. The number of anilines is 2. The Balaban J connectivity index is 2.76. The minimum absolute atomic E-state index is 0.00698. The van der Waals surface area contributed by atoms with E-state index in [0.717, 1.165) is 4.47 Å². The fraction of sp³-hybridized carbons (Fsp3) is 0.455. The van der Waals surface area contributed by atoms with Crippen molar-refractivity contribution in [1.29, 1.82) is 0 Å². The van der Waals surface area contributed by atoms with Crippen molar-refractivity contribution in [2.75, 3.05) is 31.3 Å². The number of hydrogen-bond donors (Lipinski definition) is 2. The normalized spacial score (nSPS) is 12.0. The Kier molecular flexibility index (Phi) is 4.74. The third-order valence-corrected chi connectivity index (χ3v) is 2.90. The fourth-order valence-corrected chi connectivity index (χ4v) is 1.94. The number of aromatic nitrogens is 1. The number of nitrogens with two attached hydrogens (primary N) is 1. The molecule has 1 aromatic rings. The van der Waals surface area contributed by atoms with Crippen molar-refractivity contribution < 1.29 is 4.79 Å². The first-order valence-electron chi connectivity index (χ1n) is 5.29. The molecule has 0 saturated carbocycles. The predicted octanol–water partition coefficient (Wildman–Crippen LogP) is 1.24. The third-order valence-electron chi connectivity index (χ3n) is 2.47. The topological polar surface area (TPSA) is 71.2 Å². The van der Waals surface area contributed by atoms with Gasteiger partial charge in [0.1, 0.15) is 0 Å². The zero-order valence-corrected chi connectivity index (χ0v) is 11.8. The minimum atomic E-state index is -0.116. The molecule has 1 atom stereocenters. The highest BCUT2D eigenvalue weighted by Gasteiger charge is 2.16. The molecule has 0 spiro atoms. The minimum Gasteiger partial charge on any atom is -0.396 e. The molecule has 1 heterocycles. The molecule has 6 heteroatoms. The van der Waals surface area contributed by atoms with E-state index in [2.05, 4.69) is 26.2 Å². The number of halogens is 1. The van der Waals surface area contributed by atoms with E-state index in [9.17, 15) is 4.79 Å². The number of carbonyl (C=O) groups is 1. The van der Waals surface area contributed by atoms with Crippen LogP contribution in [0.15, 0.2) is 16.7 Å². The number of nitrogens with zero attached hydrogens (tertiary/aromatic N) is 2. The van der Waals surface area contributed by atoms with Gasteiger partial charge in [0.05, 0.1) is 11.6 Å². The summed E-state index contributed by atoms with van der Waals surface area (Å²) in [6, 6.07) is 1.80. The molecule has 0 fully saturated rings. The summed E-state index contributed by atoms with van der Waals surface area (Å²) in [4.78, 5) is 17.5. The lowest BCUT2D eigenvalue weighted by Gasteiger charge is -2.22. The standard InChI is InChI=1S/C11H17BrN4O/c1-7(11(17)14-2)6-16(3)10-9(13)4-8(12)5-15-10/h4-5,7H,6,13H2,1-3H3,(H,14,17). The maximum atomic E-state index is 11.4. The van der Waals surface area contributed by atoms with Gasteiger partial charge in [-0.15, -0.1) is 0 Å². The molecule has 0 bridgehead atoms. The zero-order chi connectivity index (χ0) is 13.0. The second-order valence-corrected chi connectivity index (χ2v) is 4.88. The number of carbonyl (C=O) groups excluding carboxylic acids is 1. The maximum Gasteiger partial charge on any atom is 0.224 e. The first-order valence-corrected chi connectivity index (χ1v) is 6.08. The van der Waals surface area contributed by atoms with E-state index in [1.165, 1.54) is 0 Å². The van der Waals surface area contributed by atoms with Gasteiger partial charge in [-0.3, -0.25) is 4.79 Å². The highest BCUT2D eigenvalue weighted by atomic mass is 79.9. The summed E-state index contributed by atoms with van der Waals surface area (Å²) in [6.07, 6.45) is 1.69. The molecule has 0 aliphatic rings. The molecular weight excluding hydrogens is 284 g/mol. The summed E-state index contributed by atoms with van der Waals surface area (Å²) in [5.41, 5.74) is 6.46. The second kappa shape index (κ2) is 5.86. The smallest absolute Gasteiger partial charge is 0.224 e. The Morgan fingerprint density at radius 3 is 2.88 bits per heavy atom. The molecule has 0 aliphatic carbocycles. The van der Waals surface area contributed by atoms with Gasteiger partial charge >= 0.3 is 0 Å². The van der Waals surface area contributed by atoms with Crippen LogP contribution in [0.5, 0.6) is 0 Å². The van der Waals surface area contributed by atoms with Crippen molar-refractivity contribution in [3.8, 4) is 0 Å². The molecule has 17 heavy (non-hydrogen) atoms.